The number of carbonyl (C=O) groups excluding carboxylic acids is 1. The fourth-order valence-corrected chi connectivity index (χ4v) is 1.25. The second-order valence-electron chi connectivity index (χ2n) is 3.15. The predicted octanol–water partition coefficient (Wildman–Crippen LogP) is 1.30. The molecule has 4 nitrogen and oxygen atoms in total. The van der Waals surface area contributed by atoms with Gasteiger partial charge in [-0.3, -0.25) is 4.79 Å². The summed E-state index contributed by atoms with van der Waals surface area (Å²) in [5.74, 6) is -0.0767. The highest BCUT2D eigenvalue weighted by molar-refractivity contribution is 5.72. The fraction of sp³-hybridized carbons (Fsp3) is 0.900. The molecule has 2 atom stereocenters. The van der Waals surface area contributed by atoms with Crippen molar-refractivity contribution in [2.45, 2.75) is 46.4 Å². The molecule has 0 aliphatic carbocycles. The molecule has 0 aliphatic heterocycles. The lowest BCUT2D eigenvalue weighted by Gasteiger charge is -2.21. The molecule has 0 aliphatic rings. The molecule has 0 bridgehead atoms. The topological polar surface area (TPSA) is 47.6 Å². The van der Waals surface area contributed by atoms with Gasteiger partial charge < -0.3 is 14.8 Å². The monoisotopic (exact) mass is 203 g/mol. The molecule has 2 unspecified atom stereocenters. The van der Waals surface area contributed by atoms with Gasteiger partial charge in [0.2, 0.25) is 5.91 Å². The molecule has 0 fully saturated rings. The van der Waals surface area contributed by atoms with Gasteiger partial charge in [0.15, 0.2) is 0 Å². The molecule has 0 spiro atoms. The Kier molecular flexibility index (Phi) is 7.42. The van der Waals surface area contributed by atoms with Gasteiger partial charge in [-0.1, -0.05) is 0 Å². The van der Waals surface area contributed by atoms with E-state index in [1.807, 2.05) is 20.8 Å². The highest BCUT2D eigenvalue weighted by atomic mass is 16.5. The summed E-state index contributed by atoms with van der Waals surface area (Å²) in [5.41, 5.74) is 0. The second-order valence-corrected chi connectivity index (χ2v) is 3.15. The molecule has 0 saturated carbocycles. The minimum absolute atomic E-state index is 0.0767. The highest BCUT2D eigenvalue weighted by Gasteiger charge is 2.13. The molecule has 0 heterocycles. The lowest BCUT2D eigenvalue weighted by molar-refractivity contribution is -0.124. The Bertz CT molecular complexity index is 161. The van der Waals surface area contributed by atoms with E-state index in [0.29, 0.717) is 19.6 Å². The van der Waals surface area contributed by atoms with Crippen LogP contribution in [0.2, 0.25) is 0 Å². The first-order valence-corrected chi connectivity index (χ1v) is 5.10. The highest BCUT2D eigenvalue weighted by Crippen LogP contribution is 2.03. The Morgan fingerprint density at radius 2 is 1.86 bits per heavy atom. The number of hydrogen-bond donors (Lipinski definition) is 1. The minimum Gasteiger partial charge on any atom is -0.379 e. The van der Waals surface area contributed by atoms with E-state index >= 15 is 0 Å². The zero-order valence-electron chi connectivity index (χ0n) is 9.50. The van der Waals surface area contributed by atoms with E-state index in [4.69, 9.17) is 9.47 Å². The van der Waals surface area contributed by atoms with Crippen LogP contribution in [0, 0.1) is 0 Å². The van der Waals surface area contributed by atoms with E-state index in [0.717, 1.165) is 0 Å². The second kappa shape index (κ2) is 7.76. The lowest BCUT2D eigenvalue weighted by atomic mass is 10.2. The van der Waals surface area contributed by atoms with Crippen molar-refractivity contribution in [1.29, 1.82) is 0 Å². The van der Waals surface area contributed by atoms with Gasteiger partial charge in [0.1, 0.15) is 6.23 Å². The van der Waals surface area contributed by atoms with Gasteiger partial charge in [0.05, 0.1) is 6.10 Å². The van der Waals surface area contributed by atoms with Crippen molar-refractivity contribution in [2.75, 3.05) is 13.2 Å². The van der Waals surface area contributed by atoms with Crippen LogP contribution in [-0.4, -0.2) is 31.5 Å². The summed E-state index contributed by atoms with van der Waals surface area (Å²) in [4.78, 5) is 10.8. The molecule has 0 aromatic carbocycles. The Morgan fingerprint density at radius 1 is 1.29 bits per heavy atom. The molecule has 1 amide bonds. The summed E-state index contributed by atoms with van der Waals surface area (Å²) in [5, 5.41) is 2.73. The van der Waals surface area contributed by atoms with Crippen molar-refractivity contribution in [2.24, 2.45) is 0 Å². The van der Waals surface area contributed by atoms with Gasteiger partial charge in [-0.05, 0) is 20.8 Å². The van der Waals surface area contributed by atoms with Crippen molar-refractivity contribution in [3.05, 3.63) is 0 Å². The van der Waals surface area contributed by atoms with Crippen LogP contribution in [-0.2, 0) is 14.3 Å². The maximum Gasteiger partial charge on any atom is 0.218 e. The molecule has 0 aromatic rings. The quantitative estimate of drug-likeness (QED) is 0.634. The largest absolute Gasteiger partial charge is 0.379 e. The molecular weight excluding hydrogens is 182 g/mol. The number of amides is 1. The first-order chi connectivity index (χ1) is 6.60. The molecule has 14 heavy (non-hydrogen) atoms. The summed E-state index contributed by atoms with van der Waals surface area (Å²) >= 11 is 0. The Labute approximate surface area is 86.0 Å². The molecule has 0 radical (unpaired) electrons. The first-order valence-electron chi connectivity index (χ1n) is 5.10. The summed E-state index contributed by atoms with van der Waals surface area (Å²) in [6.07, 6.45) is 0.545. The molecule has 84 valence electrons. The van der Waals surface area contributed by atoms with Gasteiger partial charge in [0.25, 0.3) is 0 Å². The molecule has 4 heteroatoms. The van der Waals surface area contributed by atoms with E-state index in [1.54, 1.807) is 0 Å². The van der Waals surface area contributed by atoms with Crippen LogP contribution in [0.5, 0.6) is 0 Å². The third kappa shape index (κ3) is 6.86. The van der Waals surface area contributed by atoms with E-state index in [2.05, 4.69) is 5.32 Å². The van der Waals surface area contributed by atoms with Gasteiger partial charge in [-0.15, -0.1) is 0 Å². The van der Waals surface area contributed by atoms with Gasteiger partial charge >= 0.3 is 0 Å². The van der Waals surface area contributed by atoms with Gasteiger partial charge in [-0.25, -0.2) is 0 Å². The van der Waals surface area contributed by atoms with Crippen LogP contribution in [0.1, 0.15) is 34.1 Å². The maximum absolute atomic E-state index is 10.8. The normalized spacial score (nSPS) is 14.9. The van der Waals surface area contributed by atoms with Crippen LogP contribution >= 0.6 is 0 Å². The summed E-state index contributed by atoms with van der Waals surface area (Å²) in [7, 11) is 0. The minimum atomic E-state index is -0.237. The molecule has 1 N–H and O–H groups in total. The predicted molar refractivity (Wildman–Crippen MR) is 54.9 cm³/mol. The van der Waals surface area contributed by atoms with Crippen molar-refractivity contribution in [1.82, 2.24) is 5.32 Å². The van der Waals surface area contributed by atoms with Crippen LogP contribution in [0.25, 0.3) is 0 Å². The van der Waals surface area contributed by atoms with Crippen molar-refractivity contribution >= 4 is 5.91 Å². The van der Waals surface area contributed by atoms with Crippen molar-refractivity contribution in [3.63, 3.8) is 0 Å². The van der Waals surface area contributed by atoms with Crippen LogP contribution in [0.4, 0.5) is 0 Å². The van der Waals surface area contributed by atoms with Crippen molar-refractivity contribution in [3.8, 4) is 0 Å². The average molecular weight is 203 g/mol. The standard InChI is InChI=1S/C10H21NO3/c1-5-13-8(3)7-10(14-6-2)11-9(4)12/h8,10H,5-7H2,1-4H3,(H,11,12). The third-order valence-electron chi connectivity index (χ3n) is 1.73. The zero-order valence-corrected chi connectivity index (χ0v) is 9.50. The molecule has 0 aromatic heterocycles. The summed E-state index contributed by atoms with van der Waals surface area (Å²) in [6.45, 7) is 8.57. The zero-order chi connectivity index (χ0) is 11.0. The summed E-state index contributed by atoms with van der Waals surface area (Å²) in [6, 6.07) is 0. The number of rotatable bonds is 7. The average Bonchev–Trinajstić information content (AvgIpc) is 2.03. The lowest BCUT2D eigenvalue weighted by Crippen LogP contribution is -2.38. The third-order valence-corrected chi connectivity index (χ3v) is 1.73. The number of carbonyl (C=O) groups is 1. The molecule has 0 saturated heterocycles. The van der Waals surface area contributed by atoms with E-state index in [1.165, 1.54) is 6.92 Å². The first kappa shape index (κ1) is 13.4. The molecular formula is C10H21NO3. The Hall–Kier alpha value is -0.610. The summed E-state index contributed by atoms with van der Waals surface area (Å²) < 4.78 is 10.7. The Balaban J connectivity index is 3.87. The van der Waals surface area contributed by atoms with E-state index in [-0.39, 0.29) is 18.2 Å². The van der Waals surface area contributed by atoms with Gasteiger partial charge in [0, 0.05) is 26.6 Å². The number of hydrogen-bond acceptors (Lipinski definition) is 3. The smallest absolute Gasteiger partial charge is 0.218 e. The van der Waals surface area contributed by atoms with Crippen LogP contribution in [0.3, 0.4) is 0 Å². The van der Waals surface area contributed by atoms with Crippen molar-refractivity contribution < 1.29 is 14.3 Å². The van der Waals surface area contributed by atoms with E-state index in [9.17, 15) is 4.79 Å². The van der Waals surface area contributed by atoms with E-state index < -0.39 is 0 Å². The van der Waals surface area contributed by atoms with Crippen LogP contribution < -0.4 is 5.32 Å². The fourth-order valence-electron chi connectivity index (χ4n) is 1.25. The SMILES string of the molecule is CCOC(C)CC(NC(C)=O)OCC. The molecule has 0 rings (SSSR count). The van der Waals surface area contributed by atoms with Crippen LogP contribution in [0.15, 0.2) is 0 Å². The van der Waals surface area contributed by atoms with Gasteiger partial charge in [-0.2, -0.15) is 0 Å². The number of ether oxygens (including phenoxy) is 2. The Morgan fingerprint density at radius 3 is 2.29 bits per heavy atom. The number of nitrogens with one attached hydrogen (secondary N) is 1. The maximum atomic E-state index is 10.8.